The molecule has 2 rings (SSSR count). The minimum Gasteiger partial charge on any atom is -0.355 e. The summed E-state index contributed by atoms with van der Waals surface area (Å²) in [6, 6.07) is 0. The van der Waals surface area contributed by atoms with E-state index < -0.39 is 0 Å². The van der Waals surface area contributed by atoms with Gasteiger partial charge in [-0.25, -0.2) is 0 Å². The molecule has 1 aromatic heterocycles. The fourth-order valence-electron chi connectivity index (χ4n) is 3.15. The average Bonchev–Trinajstić information content (AvgIpc) is 3.11. The number of rotatable bonds is 10. The lowest BCUT2D eigenvalue weighted by molar-refractivity contribution is 0.192. The van der Waals surface area contributed by atoms with Crippen LogP contribution in [0.3, 0.4) is 0 Å². The number of aliphatic imine (C=N–C) groups is 1. The predicted molar refractivity (Wildman–Crippen MR) is 107 cm³/mol. The fraction of sp³-hybridized carbons (Fsp3) is 0.737. The lowest BCUT2D eigenvalue weighted by atomic mass is 9.99. The SMILES string of the molecule is C=CCNC(=NCCCN1CCC(C)CC1)NCCn1cnnc1CC. The van der Waals surface area contributed by atoms with Crippen molar-refractivity contribution in [3.63, 3.8) is 0 Å². The van der Waals surface area contributed by atoms with Crippen LogP contribution in [0, 0.1) is 5.92 Å². The molecule has 0 aliphatic carbocycles. The number of piperidine rings is 1. The van der Waals surface area contributed by atoms with Crippen molar-refractivity contribution < 1.29 is 0 Å². The largest absolute Gasteiger partial charge is 0.355 e. The molecule has 26 heavy (non-hydrogen) atoms. The van der Waals surface area contributed by atoms with Crippen LogP contribution >= 0.6 is 0 Å². The number of hydrogen-bond acceptors (Lipinski definition) is 4. The number of aromatic nitrogens is 3. The first-order valence-electron chi connectivity index (χ1n) is 9.95. The maximum Gasteiger partial charge on any atom is 0.191 e. The standard InChI is InChI=1S/C19H35N7/c1-4-9-20-19(22-11-15-26-16-23-24-18(26)5-2)21-10-6-12-25-13-7-17(3)8-14-25/h4,16-17H,1,5-15H2,2-3H3,(H2,20,21,22). The Balaban J connectivity index is 1.70. The molecular weight excluding hydrogens is 326 g/mol. The summed E-state index contributed by atoms with van der Waals surface area (Å²) in [6.07, 6.45) is 8.29. The van der Waals surface area contributed by atoms with Gasteiger partial charge in [0, 0.05) is 32.6 Å². The van der Waals surface area contributed by atoms with Gasteiger partial charge in [0.15, 0.2) is 5.96 Å². The van der Waals surface area contributed by atoms with Crippen LogP contribution in [-0.2, 0) is 13.0 Å². The van der Waals surface area contributed by atoms with Crippen LogP contribution in [0.4, 0.5) is 0 Å². The van der Waals surface area contributed by atoms with Crippen molar-refractivity contribution in [3.8, 4) is 0 Å². The molecule has 1 aliphatic rings. The molecule has 0 amide bonds. The number of nitrogens with one attached hydrogen (secondary N) is 2. The number of hydrogen-bond donors (Lipinski definition) is 2. The van der Waals surface area contributed by atoms with Crippen LogP contribution in [0.1, 0.15) is 38.9 Å². The first-order valence-corrected chi connectivity index (χ1v) is 9.95. The molecule has 0 bridgehead atoms. The molecule has 1 aliphatic heterocycles. The normalized spacial score (nSPS) is 16.6. The summed E-state index contributed by atoms with van der Waals surface area (Å²) in [5.74, 6) is 2.76. The minimum atomic E-state index is 0.711. The van der Waals surface area contributed by atoms with Crippen LogP contribution in [0.15, 0.2) is 24.0 Å². The summed E-state index contributed by atoms with van der Waals surface area (Å²) in [5, 5.41) is 14.8. The molecule has 1 saturated heterocycles. The van der Waals surface area contributed by atoms with Crippen molar-refractivity contribution in [3.05, 3.63) is 24.8 Å². The lowest BCUT2D eigenvalue weighted by Gasteiger charge is -2.29. The predicted octanol–water partition coefficient (Wildman–Crippen LogP) is 1.68. The van der Waals surface area contributed by atoms with E-state index in [-0.39, 0.29) is 0 Å². The Labute approximate surface area is 158 Å². The fourth-order valence-corrected chi connectivity index (χ4v) is 3.15. The van der Waals surface area contributed by atoms with Crippen molar-refractivity contribution in [2.75, 3.05) is 39.3 Å². The maximum atomic E-state index is 4.70. The van der Waals surface area contributed by atoms with E-state index in [1.54, 1.807) is 6.33 Å². The molecule has 0 spiro atoms. The van der Waals surface area contributed by atoms with Crippen molar-refractivity contribution in [2.45, 2.75) is 46.1 Å². The molecule has 0 radical (unpaired) electrons. The van der Waals surface area contributed by atoms with E-state index in [0.717, 1.165) is 56.7 Å². The third-order valence-electron chi connectivity index (χ3n) is 4.85. The van der Waals surface area contributed by atoms with E-state index in [1.807, 2.05) is 6.08 Å². The van der Waals surface area contributed by atoms with Gasteiger partial charge in [-0.1, -0.05) is 19.9 Å². The summed E-state index contributed by atoms with van der Waals surface area (Å²) in [5.41, 5.74) is 0. The second-order valence-corrected chi connectivity index (χ2v) is 7.00. The van der Waals surface area contributed by atoms with Gasteiger partial charge in [0.05, 0.1) is 0 Å². The van der Waals surface area contributed by atoms with Crippen molar-refractivity contribution >= 4 is 5.96 Å². The second kappa shape index (κ2) is 11.7. The van der Waals surface area contributed by atoms with Crippen LogP contribution in [0.2, 0.25) is 0 Å². The highest BCUT2D eigenvalue weighted by atomic mass is 15.3. The Morgan fingerprint density at radius 3 is 2.88 bits per heavy atom. The van der Waals surface area contributed by atoms with Gasteiger partial charge in [-0.05, 0) is 44.8 Å². The summed E-state index contributed by atoms with van der Waals surface area (Å²) in [4.78, 5) is 7.27. The van der Waals surface area contributed by atoms with Gasteiger partial charge in [0.1, 0.15) is 12.2 Å². The van der Waals surface area contributed by atoms with Crippen molar-refractivity contribution in [2.24, 2.45) is 10.9 Å². The average molecular weight is 362 g/mol. The van der Waals surface area contributed by atoms with E-state index in [1.165, 1.54) is 25.9 Å². The Kier molecular flexibility index (Phi) is 9.17. The highest BCUT2D eigenvalue weighted by Gasteiger charge is 2.14. The van der Waals surface area contributed by atoms with E-state index in [0.29, 0.717) is 6.54 Å². The zero-order chi connectivity index (χ0) is 18.6. The van der Waals surface area contributed by atoms with E-state index >= 15 is 0 Å². The molecule has 2 heterocycles. The zero-order valence-corrected chi connectivity index (χ0v) is 16.5. The van der Waals surface area contributed by atoms with Gasteiger partial charge < -0.3 is 20.1 Å². The van der Waals surface area contributed by atoms with Gasteiger partial charge in [-0.15, -0.1) is 16.8 Å². The molecule has 1 fully saturated rings. The molecule has 0 saturated carbocycles. The van der Waals surface area contributed by atoms with Crippen molar-refractivity contribution in [1.82, 2.24) is 30.3 Å². The molecule has 7 nitrogen and oxygen atoms in total. The van der Waals surface area contributed by atoms with E-state index in [4.69, 9.17) is 4.99 Å². The summed E-state index contributed by atoms with van der Waals surface area (Å²) in [6.45, 7) is 15.0. The first kappa shape index (κ1) is 20.4. The highest BCUT2D eigenvalue weighted by Crippen LogP contribution is 2.15. The zero-order valence-electron chi connectivity index (χ0n) is 16.5. The van der Waals surface area contributed by atoms with Crippen molar-refractivity contribution in [1.29, 1.82) is 0 Å². The molecule has 7 heteroatoms. The van der Waals surface area contributed by atoms with Gasteiger partial charge >= 0.3 is 0 Å². The molecular formula is C19H35N7. The van der Waals surface area contributed by atoms with Gasteiger partial charge in [0.2, 0.25) is 0 Å². The van der Waals surface area contributed by atoms with Crippen LogP contribution < -0.4 is 10.6 Å². The van der Waals surface area contributed by atoms with Gasteiger partial charge in [-0.2, -0.15) is 0 Å². The van der Waals surface area contributed by atoms with Crippen LogP contribution in [0.25, 0.3) is 0 Å². The van der Waals surface area contributed by atoms with Crippen LogP contribution in [-0.4, -0.2) is 64.9 Å². The number of aryl methyl sites for hydroxylation is 1. The Morgan fingerprint density at radius 1 is 1.35 bits per heavy atom. The topological polar surface area (TPSA) is 70.4 Å². The molecule has 0 unspecified atom stereocenters. The van der Waals surface area contributed by atoms with E-state index in [2.05, 4.69) is 50.7 Å². The summed E-state index contributed by atoms with van der Waals surface area (Å²) < 4.78 is 2.08. The lowest BCUT2D eigenvalue weighted by Crippen LogP contribution is -2.39. The quantitative estimate of drug-likeness (QED) is 0.287. The Bertz CT molecular complexity index is 544. The molecule has 0 atom stereocenters. The summed E-state index contributed by atoms with van der Waals surface area (Å²) >= 11 is 0. The molecule has 146 valence electrons. The Morgan fingerprint density at radius 2 is 2.15 bits per heavy atom. The Hall–Kier alpha value is -1.89. The number of guanidine groups is 1. The second-order valence-electron chi connectivity index (χ2n) is 7.00. The third-order valence-corrected chi connectivity index (χ3v) is 4.85. The highest BCUT2D eigenvalue weighted by molar-refractivity contribution is 5.79. The molecule has 0 aromatic carbocycles. The first-order chi connectivity index (χ1) is 12.7. The molecule has 2 N–H and O–H groups in total. The minimum absolute atomic E-state index is 0.711. The van der Waals surface area contributed by atoms with Gasteiger partial charge in [-0.3, -0.25) is 4.99 Å². The number of likely N-dealkylation sites (tertiary alicyclic amines) is 1. The smallest absolute Gasteiger partial charge is 0.191 e. The maximum absolute atomic E-state index is 4.70. The molecule has 1 aromatic rings. The number of nitrogens with zero attached hydrogens (tertiary/aromatic N) is 5. The monoisotopic (exact) mass is 361 g/mol. The summed E-state index contributed by atoms with van der Waals surface area (Å²) in [7, 11) is 0. The third kappa shape index (κ3) is 7.15. The van der Waals surface area contributed by atoms with Gasteiger partial charge in [0.25, 0.3) is 0 Å². The van der Waals surface area contributed by atoms with E-state index in [9.17, 15) is 0 Å². The van der Waals surface area contributed by atoms with Crippen LogP contribution in [0.5, 0.6) is 0 Å².